The summed E-state index contributed by atoms with van der Waals surface area (Å²) in [4.78, 5) is 15.2. The lowest BCUT2D eigenvalue weighted by Gasteiger charge is -2.19. The van der Waals surface area contributed by atoms with Crippen molar-refractivity contribution in [2.75, 3.05) is 0 Å². The SMILES string of the molecule is CCc1cncn1C(CC(=O)O)c1ccccc1. The Morgan fingerprint density at radius 2 is 2.11 bits per heavy atom. The molecule has 2 rings (SSSR count). The maximum absolute atomic E-state index is 11.0. The molecule has 0 amide bonds. The second-order valence-electron chi connectivity index (χ2n) is 4.17. The molecule has 1 aromatic carbocycles. The number of carbonyl (C=O) groups is 1. The number of aliphatic carboxylic acids is 1. The number of rotatable bonds is 5. The molecule has 0 bridgehead atoms. The second kappa shape index (κ2) is 5.49. The summed E-state index contributed by atoms with van der Waals surface area (Å²) in [6.07, 6.45) is 4.40. The van der Waals surface area contributed by atoms with Crippen LogP contribution in [0.1, 0.15) is 30.6 Å². The highest BCUT2D eigenvalue weighted by Crippen LogP contribution is 2.23. The van der Waals surface area contributed by atoms with Crippen LogP contribution in [0.15, 0.2) is 42.9 Å². The highest BCUT2D eigenvalue weighted by molar-refractivity contribution is 5.68. The molecule has 1 N–H and O–H groups in total. The average Bonchev–Trinajstić information content (AvgIpc) is 2.85. The molecule has 2 aromatic rings. The van der Waals surface area contributed by atoms with E-state index in [1.54, 1.807) is 12.5 Å². The van der Waals surface area contributed by atoms with Gasteiger partial charge in [0.15, 0.2) is 0 Å². The number of aromatic nitrogens is 2. The molecule has 1 heterocycles. The fraction of sp³-hybridized carbons (Fsp3) is 0.286. The largest absolute Gasteiger partial charge is 0.481 e. The number of aryl methyl sites for hydroxylation is 1. The first-order chi connectivity index (χ1) is 8.72. The number of hydrogen-bond acceptors (Lipinski definition) is 2. The molecule has 4 nitrogen and oxygen atoms in total. The number of carboxylic acid groups (broad SMARTS) is 1. The quantitative estimate of drug-likeness (QED) is 0.879. The number of benzene rings is 1. The molecule has 0 fully saturated rings. The molecule has 94 valence electrons. The van der Waals surface area contributed by atoms with Crippen LogP contribution in [0.5, 0.6) is 0 Å². The van der Waals surface area contributed by atoms with Gasteiger partial charge in [-0.25, -0.2) is 4.98 Å². The second-order valence-corrected chi connectivity index (χ2v) is 4.17. The lowest BCUT2D eigenvalue weighted by molar-refractivity contribution is -0.137. The van der Waals surface area contributed by atoms with Crippen molar-refractivity contribution in [1.82, 2.24) is 9.55 Å². The Labute approximate surface area is 106 Å². The van der Waals surface area contributed by atoms with Gasteiger partial charge in [-0.3, -0.25) is 4.79 Å². The van der Waals surface area contributed by atoms with Gasteiger partial charge in [0.05, 0.1) is 18.8 Å². The van der Waals surface area contributed by atoms with E-state index in [1.807, 2.05) is 41.8 Å². The number of hydrogen-bond donors (Lipinski definition) is 1. The molecule has 1 unspecified atom stereocenters. The van der Waals surface area contributed by atoms with Gasteiger partial charge in [0.2, 0.25) is 0 Å². The van der Waals surface area contributed by atoms with Crippen LogP contribution in [-0.2, 0) is 11.2 Å². The van der Waals surface area contributed by atoms with Gasteiger partial charge in [-0.2, -0.15) is 0 Å². The Bertz CT molecular complexity index is 520. The van der Waals surface area contributed by atoms with E-state index in [0.29, 0.717) is 0 Å². The van der Waals surface area contributed by atoms with E-state index in [1.165, 1.54) is 0 Å². The van der Waals surface area contributed by atoms with Crippen LogP contribution in [0.2, 0.25) is 0 Å². The molecule has 4 heteroatoms. The van der Waals surface area contributed by atoms with Gasteiger partial charge in [0.1, 0.15) is 0 Å². The highest BCUT2D eigenvalue weighted by atomic mass is 16.4. The standard InChI is InChI=1S/C14H16N2O2/c1-2-12-9-15-10-16(12)13(8-14(17)18)11-6-4-3-5-7-11/h3-7,9-10,13H,2,8H2,1H3,(H,17,18). The summed E-state index contributed by atoms with van der Waals surface area (Å²) in [6, 6.07) is 9.48. The van der Waals surface area contributed by atoms with E-state index in [9.17, 15) is 4.79 Å². The topological polar surface area (TPSA) is 55.1 Å². The van der Waals surface area contributed by atoms with Crippen LogP contribution in [0.25, 0.3) is 0 Å². The zero-order chi connectivity index (χ0) is 13.0. The van der Waals surface area contributed by atoms with Gasteiger partial charge in [-0.05, 0) is 12.0 Å². The van der Waals surface area contributed by atoms with Gasteiger partial charge in [0.25, 0.3) is 0 Å². The molecule has 0 aliphatic rings. The molecular weight excluding hydrogens is 228 g/mol. The molecular formula is C14H16N2O2. The average molecular weight is 244 g/mol. The lowest BCUT2D eigenvalue weighted by atomic mass is 10.0. The zero-order valence-corrected chi connectivity index (χ0v) is 10.3. The Balaban J connectivity index is 2.40. The molecule has 1 aromatic heterocycles. The molecule has 18 heavy (non-hydrogen) atoms. The number of carboxylic acids is 1. The summed E-state index contributed by atoms with van der Waals surface area (Å²) in [6.45, 7) is 2.04. The molecule has 0 saturated heterocycles. The van der Waals surface area contributed by atoms with Crippen molar-refractivity contribution in [2.45, 2.75) is 25.8 Å². The summed E-state index contributed by atoms with van der Waals surface area (Å²) in [5.74, 6) is -0.806. The molecule has 0 saturated carbocycles. The van der Waals surface area contributed by atoms with Crippen molar-refractivity contribution < 1.29 is 9.90 Å². The van der Waals surface area contributed by atoms with E-state index in [2.05, 4.69) is 4.98 Å². The van der Waals surface area contributed by atoms with E-state index in [4.69, 9.17) is 5.11 Å². The van der Waals surface area contributed by atoms with Crippen molar-refractivity contribution >= 4 is 5.97 Å². The fourth-order valence-electron chi connectivity index (χ4n) is 2.10. The Morgan fingerprint density at radius 1 is 1.39 bits per heavy atom. The fourth-order valence-corrected chi connectivity index (χ4v) is 2.10. The van der Waals surface area contributed by atoms with Crippen LogP contribution >= 0.6 is 0 Å². The Hall–Kier alpha value is -2.10. The smallest absolute Gasteiger partial charge is 0.305 e. The minimum Gasteiger partial charge on any atom is -0.481 e. The third-order valence-corrected chi connectivity index (χ3v) is 3.00. The minimum atomic E-state index is -0.806. The van der Waals surface area contributed by atoms with E-state index >= 15 is 0 Å². The third-order valence-electron chi connectivity index (χ3n) is 3.00. The summed E-state index contributed by atoms with van der Waals surface area (Å²) in [5, 5.41) is 9.07. The van der Waals surface area contributed by atoms with E-state index in [-0.39, 0.29) is 12.5 Å². The number of nitrogens with zero attached hydrogens (tertiary/aromatic N) is 2. The monoisotopic (exact) mass is 244 g/mol. The van der Waals surface area contributed by atoms with Crippen LogP contribution in [0, 0.1) is 0 Å². The van der Waals surface area contributed by atoms with Crippen LogP contribution in [-0.4, -0.2) is 20.6 Å². The van der Waals surface area contributed by atoms with Crippen molar-refractivity contribution in [3.63, 3.8) is 0 Å². The molecule has 1 atom stereocenters. The van der Waals surface area contributed by atoms with Crippen LogP contribution in [0.4, 0.5) is 0 Å². The first-order valence-electron chi connectivity index (χ1n) is 5.99. The van der Waals surface area contributed by atoms with Gasteiger partial charge in [0, 0.05) is 11.9 Å². The van der Waals surface area contributed by atoms with Gasteiger partial charge in [-0.1, -0.05) is 37.3 Å². The first-order valence-corrected chi connectivity index (χ1v) is 5.99. The third kappa shape index (κ3) is 2.59. The first kappa shape index (κ1) is 12.4. The van der Waals surface area contributed by atoms with Crippen LogP contribution in [0.3, 0.4) is 0 Å². The predicted octanol–water partition coefficient (Wildman–Crippen LogP) is 2.51. The molecule has 0 aliphatic heterocycles. The van der Waals surface area contributed by atoms with Crippen molar-refractivity contribution in [3.8, 4) is 0 Å². The maximum atomic E-state index is 11.0. The normalized spacial score (nSPS) is 12.3. The summed E-state index contributed by atoms with van der Waals surface area (Å²) in [7, 11) is 0. The van der Waals surface area contributed by atoms with E-state index in [0.717, 1.165) is 17.7 Å². The lowest BCUT2D eigenvalue weighted by Crippen LogP contribution is -2.16. The maximum Gasteiger partial charge on any atom is 0.305 e. The van der Waals surface area contributed by atoms with Crippen molar-refractivity contribution in [1.29, 1.82) is 0 Å². The summed E-state index contributed by atoms with van der Waals surface area (Å²) < 4.78 is 1.95. The van der Waals surface area contributed by atoms with E-state index < -0.39 is 5.97 Å². The van der Waals surface area contributed by atoms with Gasteiger partial charge in [-0.15, -0.1) is 0 Å². The molecule has 0 radical (unpaired) electrons. The highest BCUT2D eigenvalue weighted by Gasteiger charge is 2.18. The van der Waals surface area contributed by atoms with Crippen molar-refractivity contribution in [2.24, 2.45) is 0 Å². The zero-order valence-electron chi connectivity index (χ0n) is 10.3. The predicted molar refractivity (Wildman–Crippen MR) is 68.4 cm³/mol. The summed E-state index contributed by atoms with van der Waals surface area (Å²) >= 11 is 0. The molecule has 0 aliphatic carbocycles. The van der Waals surface area contributed by atoms with Gasteiger partial charge < -0.3 is 9.67 Å². The minimum absolute atomic E-state index is 0.0629. The Kier molecular flexibility index (Phi) is 3.77. The van der Waals surface area contributed by atoms with Gasteiger partial charge >= 0.3 is 5.97 Å². The van der Waals surface area contributed by atoms with Crippen LogP contribution < -0.4 is 0 Å². The number of imidazole rings is 1. The summed E-state index contributed by atoms with van der Waals surface area (Å²) in [5.41, 5.74) is 2.04. The van der Waals surface area contributed by atoms with Crippen molar-refractivity contribution in [3.05, 3.63) is 54.1 Å². The Morgan fingerprint density at radius 3 is 2.72 bits per heavy atom. The molecule has 0 spiro atoms.